The Labute approximate surface area is 150 Å². The van der Waals surface area contributed by atoms with Crippen LogP contribution in [0.25, 0.3) is 0 Å². The minimum absolute atomic E-state index is 0.215. The van der Waals surface area contributed by atoms with E-state index in [1.807, 2.05) is 19.1 Å². The number of carbonyl (C=O) groups is 1. The van der Waals surface area contributed by atoms with Crippen molar-refractivity contribution in [2.24, 2.45) is 0 Å². The fraction of sp³-hybridized carbons (Fsp3) is 0.333. The molecule has 130 valence electrons. The van der Waals surface area contributed by atoms with E-state index in [2.05, 4.69) is 10.3 Å². The maximum absolute atomic E-state index is 12.5. The van der Waals surface area contributed by atoms with Gasteiger partial charge in [0.05, 0.1) is 18.0 Å². The summed E-state index contributed by atoms with van der Waals surface area (Å²) in [4.78, 5) is 17.0. The number of hydrogen-bond acceptors (Lipinski definition) is 5. The summed E-state index contributed by atoms with van der Waals surface area (Å²) in [5, 5.41) is 3.78. The molecule has 1 aromatic carbocycles. The molecule has 0 saturated carbocycles. The Kier molecular flexibility index (Phi) is 5.52. The van der Waals surface area contributed by atoms with Gasteiger partial charge in [0.15, 0.2) is 5.13 Å². The zero-order chi connectivity index (χ0) is 18.1. The Morgan fingerprint density at radius 2 is 1.92 bits per heavy atom. The third-order valence-corrected chi connectivity index (χ3v) is 6.24. The van der Waals surface area contributed by atoms with E-state index in [0.29, 0.717) is 15.6 Å². The van der Waals surface area contributed by atoms with Crippen LogP contribution in [0.4, 0.5) is 5.13 Å². The van der Waals surface area contributed by atoms with Crippen LogP contribution in [0, 0.1) is 6.92 Å². The molecule has 1 heterocycles. The Hall–Kier alpha value is -1.64. The van der Waals surface area contributed by atoms with Gasteiger partial charge in [-0.15, -0.1) is 0 Å². The molecular formula is C15H18ClN3O3S2. The smallest absolute Gasteiger partial charge is 0.263 e. The molecule has 1 atom stereocenters. The number of aryl methyl sites for hydroxylation is 1. The molecule has 0 saturated heterocycles. The van der Waals surface area contributed by atoms with Crippen LogP contribution in [0.3, 0.4) is 0 Å². The summed E-state index contributed by atoms with van der Waals surface area (Å²) < 4.78 is 24.2. The lowest BCUT2D eigenvalue weighted by molar-refractivity contribution is 0.0943. The van der Waals surface area contributed by atoms with Gasteiger partial charge < -0.3 is 5.32 Å². The normalized spacial score (nSPS) is 12.7. The zero-order valence-electron chi connectivity index (χ0n) is 13.7. The number of nitrogens with one attached hydrogen (secondary N) is 1. The van der Waals surface area contributed by atoms with Gasteiger partial charge in [-0.2, -0.15) is 0 Å². The average Bonchev–Trinajstić information content (AvgIpc) is 2.88. The van der Waals surface area contributed by atoms with Crippen LogP contribution in [0.1, 0.15) is 33.9 Å². The quantitative estimate of drug-likeness (QED) is 0.855. The zero-order valence-corrected chi connectivity index (χ0v) is 16.1. The van der Waals surface area contributed by atoms with Crippen LogP contribution in [0.2, 0.25) is 5.02 Å². The number of thiazole rings is 1. The largest absolute Gasteiger partial charge is 0.345 e. The maximum atomic E-state index is 12.5. The predicted octanol–water partition coefficient (Wildman–Crippen LogP) is 2.99. The minimum Gasteiger partial charge on any atom is -0.345 e. The Bertz CT molecular complexity index is 847. The minimum atomic E-state index is -3.42. The highest BCUT2D eigenvalue weighted by Gasteiger charge is 2.22. The Morgan fingerprint density at radius 1 is 1.33 bits per heavy atom. The van der Waals surface area contributed by atoms with E-state index >= 15 is 0 Å². The second-order valence-electron chi connectivity index (χ2n) is 5.39. The molecule has 2 aromatic rings. The lowest BCUT2D eigenvalue weighted by Crippen LogP contribution is -2.26. The molecule has 1 aromatic heterocycles. The number of carbonyl (C=O) groups excluding carboxylic acids is 1. The van der Waals surface area contributed by atoms with Crippen molar-refractivity contribution >= 4 is 44.0 Å². The predicted molar refractivity (Wildman–Crippen MR) is 97.4 cm³/mol. The molecule has 0 spiro atoms. The molecule has 0 aliphatic carbocycles. The van der Waals surface area contributed by atoms with Crippen molar-refractivity contribution in [2.45, 2.75) is 19.9 Å². The molecule has 1 amide bonds. The summed E-state index contributed by atoms with van der Waals surface area (Å²) in [6, 6.07) is 6.99. The van der Waals surface area contributed by atoms with Crippen molar-refractivity contribution in [3.63, 3.8) is 0 Å². The molecule has 6 nitrogen and oxygen atoms in total. The number of hydrogen-bond donors (Lipinski definition) is 1. The van der Waals surface area contributed by atoms with Crippen molar-refractivity contribution in [1.82, 2.24) is 10.3 Å². The van der Waals surface area contributed by atoms with E-state index in [0.717, 1.165) is 27.5 Å². The highest BCUT2D eigenvalue weighted by molar-refractivity contribution is 7.92. The lowest BCUT2D eigenvalue weighted by Gasteiger charge is -2.14. The molecule has 0 aliphatic heterocycles. The summed E-state index contributed by atoms with van der Waals surface area (Å²) in [5.74, 6) is -0.291. The van der Waals surface area contributed by atoms with E-state index in [-0.39, 0.29) is 17.1 Å². The molecule has 9 heteroatoms. The third-order valence-electron chi connectivity index (χ3n) is 3.48. The lowest BCUT2D eigenvalue weighted by atomic mass is 10.1. The second kappa shape index (κ2) is 7.08. The summed E-state index contributed by atoms with van der Waals surface area (Å²) in [5.41, 5.74) is 1.41. The summed E-state index contributed by atoms with van der Waals surface area (Å²) in [6.45, 7) is 3.54. The number of sulfonamides is 1. The molecule has 0 aliphatic rings. The van der Waals surface area contributed by atoms with Gasteiger partial charge in [-0.1, -0.05) is 35.1 Å². The molecule has 0 fully saturated rings. The molecule has 1 unspecified atom stereocenters. The van der Waals surface area contributed by atoms with Gasteiger partial charge in [0.1, 0.15) is 4.88 Å². The van der Waals surface area contributed by atoms with Crippen molar-refractivity contribution in [1.29, 1.82) is 0 Å². The average molecular weight is 388 g/mol. The van der Waals surface area contributed by atoms with E-state index in [1.165, 1.54) is 7.05 Å². The number of rotatable bonds is 5. The molecule has 1 N–H and O–H groups in total. The molecule has 0 bridgehead atoms. The maximum Gasteiger partial charge on any atom is 0.263 e. The van der Waals surface area contributed by atoms with Crippen LogP contribution in [0.15, 0.2) is 24.3 Å². The van der Waals surface area contributed by atoms with Gasteiger partial charge in [-0.05, 0) is 31.5 Å². The first kappa shape index (κ1) is 18.7. The molecule has 24 heavy (non-hydrogen) atoms. The Morgan fingerprint density at radius 3 is 2.46 bits per heavy atom. The van der Waals surface area contributed by atoms with Gasteiger partial charge >= 0.3 is 0 Å². The molecule has 0 radical (unpaired) electrons. The third kappa shape index (κ3) is 4.25. The van der Waals surface area contributed by atoms with Crippen LogP contribution < -0.4 is 9.62 Å². The van der Waals surface area contributed by atoms with Gasteiger partial charge in [0, 0.05) is 12.1 Å². The number of amides is 1. The summed E-state index contributed by atoms with van der Waals surface area (Å²) >= 11 is 6.90. The summed E-state index contributed by atoms with van der Waals surface area (Å²) in [7, 11) is -2.01. The van der Waals surface area contributed by atoms with Crippen LogP contribution in [-0.4, -0.2) is 32.6 Å². The number of benzene rings is 1. The standard InChI is InChI=1S/C15H18ClN3O3S2/c1-9(11-5-7-12(16)8-6-11)17-14(20)13-10(2)18-15(23-13)19(3)24(4,21)22/h5-9H,1-4H3,(H,17,20). The highest BCUT2D eigenvalue weighted by atomic mass is 35.5. The van der Waals surface area contributed by atoms with E-state index in [1.54, 1.807) is 19.1 Å². The van der Waals surface area contributed by atoms with Crippen LogP contribution in [0.5, 0.6) is 0 Å². The van der Waals surface area contributed by atoms with E-state index < -0.39 is 10.0 Å². The number of aromatic nitrogens is 1. The first-order valence-corrected chi connectivity index (χ1v) is 10.1. The SMILES string of the molecule is Cc1nc(N(C)S(C)(=O)=O)sc1C(=O)NC(C)c1ccc(Cl)cc1. The fourth-order valence-electron chi connectivity index (χ4n) is 1.97. The number of halogens is 1. The monoisotopic (exact) mass is 387 g/mol. The first-order valence-electron chi connectivity index (χ1n) is 7.07. The van der Waals surface area contributed by atoms with Gasteiger partial charge in [0.25, 0.3) is 5.91 Å². The van der Waals surface area contributed by atoms with Gasteiger partial charge in [-0.3, -0.25) is 4.79 Å². The number of anilines is 1. The van der Waals surface area contributed by atoms with Crippen LogP contribution in [-0.2, 0) is 10.0 Å². The van der Waals surface area contributed by atoms with E-state index in [4.69, 9.17) is 11.6 Å². The van der Waals surface area contributed by atoms with Crippen molar-refractivity contribution in [3.05, 3.63) is 45.4 Å². The van der Waals surface area contributed by atoms with Crippen LogP contribution >= 0.6 is 22.9 Å². The highest BCUT2D eigenvalue weighted by Crippen LogP contribution is 2.27. The number of nitrogens with zero attached hydrogens (tertiary/aromatic N) is 2. The molecule has 2 rings (SSSR count). The molecular weight excluding hydrogens is 370 g/mol. The first-order chi connectivity index (χ1) is 11.1. The van der Waals surface area contributed by atoms with E-state index in [9.17, 15) is 13.2 Å². The Balaban J connectivity index is 2.18. The van der Waals surface area contributed by atoms with Crippen molar-refractivity contribution in [2.75, 3.05) is 17.6 Å². The van der Waals surface area contributed by atoms with Gasteiger partial charge in [0.2, 0.25) is 10.0 Å². The topological polar surface area (TPSA) is 79.4 Å². The van der Waals surface area contributed by atoms with Gasteiger partial charge in [-0.25, -0.2) is 17.7 Å². The fourth-order valence-corrected chi connectivity index (χ4v) is 3.77. The van der Waals surface area contributed by atoms with Crippen molar-refractivity contribution < 1.29 is 13.2 Å². The summed E-state index contributed by atoms with van der Waals surface area (Å²) in [6.07, 6.45) is 1.09. The second-order valence-corrected chi connectivity index (χ2v) is 8.82. The van der Waals surface area contributed by atoms with Crippen molar-refractivity contribution in [3.8, 4) is 0 Å².